The Balaban J connectivity index is 2.12. The molecular weight excluding hydrogens is 248 g/mol. The summed E-state index contributed by atoms with van der Waals surface area (Å²) in [6.45, 7) is 2.18. The lowest BCUT2D eigenvalue weighted by Crippen LogP contribution is -2.21. The van der Waals surface area contributed by atoms with Gasteiger partial charge in [0.2, 0.25) is 0 Å². The van der Waals surface area contributed by atoms with E-state index in [1.54, 1.807) is 0 Å². The van der Waals surface area contributed by atoms with Gasteiger partial charge in [-0.05, 0) is 37.2 Å². The fourth-order valence-corrected chi connectivity index (χ4v) is 3.50. The van der Waals surface area contributed by atoms with Gasteiger partial charge in [-0.1, -0.05) is 58.6 Å². The highest BCUT2D eigenvalue weighted by Gasteiger charge is 2.32. The first-order valence-electron chi connectivity index (χ1n) is 5.86. The van der Waals surface area contributed by atoms with Crippen LogP contribution in [0.15, 0.2) is 24.3 Å². The van der Waals surface area contributed by atoms with Crippen molar-refractivity contribution in [3.8, 4) is 0 Å². The molecule has 1 aliphatic carbocycles. The maximum absolute atomic E-state index is 3.71. The molecule has 1 aromatic rings. The van der Waals surface area contributed by atoms with Crippen molar-refractivity contribution < 1.29 is 0 Å². The van der Waals surface area contributed by atoms with Crippen LogP contribution in [-0.4, -0.2) is 5.33 Å². The topological polar surface area (TPSA) is 0 Å². The molecule has 1 saturated carbocycles. The number of hydrogen-bond donors (Lipinski definition) is 0. The van der Waals surface area contributed by atoms with Gasteiger partial charge in [0, 0.05) is 5.33 Å². The van der Waals surface area contributed by atoms with Crippen molar-refractivity contribution in [1.82, 2.24) is 0 Å². The molecular formula is C14H19Br. The molecule has 1 heteroatoms. The highest BCUT2D eigenvalue weighted by molar-refractivity contribution is 9.09. The van der Waals surface area contributed by atoms with Crippen LogP contribution in [0.1, 0.15) is 36.8 Å². The van der Waals surface area contributed by atoms with Crippen molar-refractivity contribution in [3.63, 3.8) is 0 Å². The van der Waals surface area contributed by atoms with E-state index in [9.17, 15) is 0 Å². The minimum absolute atomic E-state index is 0.549. The second kappa shape index (κ2) is 4.69. The molecule has 15 heavy (non-hydrogen) atoms. The number of alkyl halides is 1. The zero-order valence-electron chi connectivity index (χ0n) is 9.43. The zero-order chi connectivity index (χ0) is 10.7. The molecule has 1 aliphatic rings. The van der Waals surface area contributed by atoms with E-state index in [-0.39, 0.29) is 0 Å². The molecule has 2 rings (SSSR count). The van der Waals surface area contributed by atoms with Gasteiger partial charge in [-0.15, -0.1) is 0 Å². The largest absolute Gasteiger partial charge is 0.0922 e. The molecule has 0 saturated heterocycles. The molecule has 0 amide bonds. The summed E-state index contributed by atoms with van der Waals surface area (Å²) in [4.78, 5) is 0. The second-order valence-electron chi connectivity index (χ2n) is 5.01. The van der Waals surface area contributed by atoms with Gasteiger partial charge in [0.05, 0.1) is 0 Å². The summed E-state index contributed by atoms with van der Waals surface area (Å²) in [5, 5.41) is 1.16. The Morgan fingerprint density at radius 2 is 2.00 bits per heavy atom. The van der Waals surface area contributed by atoms with E-state index in [0.29, 0.717) is 5.41 Å². The van der Waals surface area contributed by atoms with Crippen LogP contribution in [0.25, 0.3) is 0 Å². The lowest BCUT2D eigenvalue weighted by atomic mass is 9.82. The van der Waals surface area contributed by atoms with Gasteiger partial charge >= 0.3 is 0 Å². The van der Waals surface area contributed by atoms with Gasteiger partial charge in [-0.25, -0.2) is 0 Å². The third-order valence-corrected chi connectivity index (χ3v) is 4.80. The molecule has 0 unspecified atom stereocenters. The van der Waals surface area contributed by atoms with Crippen molar-refractivity contribution in [1.29, 1.82) is 0 Å². The first-order chi connectivity index (χ1) is 7.24. The van der Waals surface area contributed by atoms with Crippen LogP contribution in [0.4, 0.5) is 0 Å². The lowest BCUT2D eigenvalue weighted by molar-refractivity contribution is 0.346. The van der Waals surface area contributed by atoms with Crippen LogP contribution in [-0.2, 0) is 6.42 Å². The van der Waals surface area contributed by atoms with Crippen molar-refractivity contribution in [2.45, 2.75) is 39.0 Å². The van der Waals surface area contributed by atoms with Crippen molar-refractivity contribution >= 4 is 15.9 Å². The minimum atomic E-state index is 0.549. The van der Waals surface area contributed by atoms with Crippen LogP contribution >= 0.6 is 15.9 Å². The van der Waals surface area contributed by atoms with Crippen LogP contribution in [0, 0.1) is 12.3 Å². The van der Waals surface area contributed by atoms with Crippen LogP contribution in [0.3, 0.4) is 0 Å². The van der Waals surface area contributed by atoms with Crippen LogP contribution in [0.5, 0.6) is 0 Å². The molecule has 0 N–H and O–H groups in total. The van der Waals surface area contributed by atoms with Crippen molar-refractivity contribution in [2.75, 3.05) is 5.33 Å². The van der Waals surface area contributed by atoms with Gasteiger partial charge in [-0.3, -0.25) is 0 Å². The molecule has 0 nitrogen and oxygen atoms in total. The van der Waals surface area contributed by atoms with Crippen LogP contribution < -0.4 is 0 Å². The first-order valence-corrected chi connectivity index (χ1v) is 6.98. The molecule has 0 heterocycles. The average molecular weight is 267 g/mol. The van der Waals surface area contributed by atoms with Gasteiger partial charge in [0.1, 0.15) is 0 Å². The summed E-state index contributed by atoms with van der Waals surface area (Å²) in [5.74, 6) is 0. The fraction of sp³-hybridized carbons (Fsp3) is 0.571. The van der Waals surface area contributed by atoms with Gasteiger partial charge in [-0.2, -0.15) is 0 Å². The molecule has 1 fully saturated rings. The first kappa shape index (κ1) is 11.2. The molecule has 0 aliphatic heterocycles. The molecule has 0 radical (unpaired) electrons. The molecule has 1 aromatic carbocycles. The summed E-state index contributed by atoms with van der Waals surface area (Å²) < 4.78 is 0. The Morgan fingerprint density at radius 3 is 2.60 bits per heavy atom. The minimum Gasteiger partial charge on any atom is -0.0922 e. The predicted molar refractivity (Wildman–Crippen MR) is 69.6 cm³/mol. The number of benzene rings is 1. The van der Waals surface area contributed by atoms with E-state index in [1.807, 2.05) is 0 Å². The van der Waals surface area contributed by atoms with Gasteiger partial charge < -0.3 is 0 Å². The summed E-state index contributed by atoms with van der Waals surface area (Å²) in [5.41, 5.74) is 3.44. The van der Waals surface area contributed by atoms with E-state index in [0.717, 1.165) is 5.33 Å². The summed E-state index contributed by atoms with van der Waals surface area (Å²) in [6.07, 6.45) is 6.87. The summed E-state index contributed by atoms with van der Waals surface area (Å²) in [7, 11) is 0. The number of aryl methyl sites for hydroxylation is 1. The molecule has 82 valence electrons. The Kier molecular flexibility index (Phi) is 3.50. The van der Waals surface area contributed by atoms with Crippen molar-refractivity contribution in [3.05, 3.63) is 35.4 Å². The Morgan fingerprint density at radius 1 is 1.27 bits per heavy atom. The molecule has 0 spiro atoms. The van der Waals surface area contributed by atoms with Gasteiger partial charge in [0.15, 0.2) is 0 Å². The maximum Gasteiger partial charge on any atom is 0.00911 e. The Labute approximate surface area is 101 Å². The van der Waals surface area contributed by atoms with E-state index < -0.39 is 0 Å². The van der Waals surface area contributed by atoms with E-state index >= 15 is 0 Å². The Hall–Kier alpha value is -0.300. The molecule has 0 aromatic heterocycles. The van der Waals surface area contributed by atoms with E-state index in [2.05, 4.69) is 47.1 Å². The van der Waals surface area contributed by atoms with Crippen molar-refractivity contribution in [2.24, 2.45) is 5.41 Å². The highest BCUT2D eigenvalue weighted by Crippen LogP contribution is 2.42. The quantitative estimate of drug-likeness (QED) is 0.708. The number of halogens is 1. The van der Waals surface area contributed by atoms with E-state index in [4.69, 9.17) is 0 Å². The second-order valence-corrected chi connectivity index (χ2v) is 5.57. The predicted octanol–water partition coefficient (Wildman–Crippen LogP) is 4.49. The summed E-state index contributed by atoms with van der Waals surface area (Å²) in [6, 6.07) is 8.97. The summed E-state index contributed by atoms with van der Waals surface area (Å²) >= 11 is 3.71. The third kappa shape index (κ3) is 2.63. The Bertz CT molecular complexity index is 324. The maximum atomic E-state index is 3.71. The third-order valence-electron chi connectivity index (χ3n) is 3.61. The van der Waals surface area contributed by atoms with E-state index in [1.165, 1.54) is 43.2 Å². The smallest absolute Gasteiger partial charge is 0.00911 e. The monoisotopic (exact) mass is 266 g/mol. The zero-order valence-corrected chi connectivity index (χ0v) is 11.0. The number of hydrogen-bond acceptors (Lipinski definition) is 0. The number of rotatable bonds is 3. The highest BCUT2D eigenvalue weighted by atomic mass is 79.9. The molecule has 0 bridgehead atoms. The average Bonchev–Trinajstić information content (AvgIpc) is 2.67. The standard InChI is InChI=1S/C14H19Br/c1-12-5-4-6-13(9-12)10-14(11-15)7-2-3-8-14/h4-6,9H,2-3,7-8,10-11H2,1H3. The fourth-order valence-electron chi connectivity index (χ4n) is 2.74. The lowest BCUT2D eigenvalue weighted by Gasteiger charge is -2.26. The SMILES string of the molecule is Cc1cccc(CC2(CBr)CCCC2)c1. The normalized spacial score (nSPS) is 19.3. The van der Waals surface area contributed by atoms with Crippen LogP contribution in [0.2, 0.25) is 0 Å². The van der Waals surface area contributed by atoms with Gasteiger partial charge in [0.25, 0.3) is 0 Å². The molecule has 0 atom stereocenters.